The number of benzene rings is 2. The lowest BCUT2D eigenvalue weighted by atomic mass is 10.1. The molecule has 1 atom stereocenters. The first-order valence-corrected chi connectivity index (χ1v) is 8.76. The van der Waals surface area contributed by atoms with Gasteiger partial charge in [-0.05, 0) is 49.7 Å². The Balaban J connectivity index is 1.70. The van der Waals surface area contributed by atoms with Crippen LogP contribution in [0.15, 0.2) is 48.5 Å². The van der Waals surface area contributed by atoms with Crippen molar-refractivity contribution in [1.82, 2.24) is 10.2 Å². The minimum atomic E-state index is -0.336. The average molecular weight is 352 g/mol. The number of hydrogen-bond donors (Lipinski definition) is 3. The van der Waals surface area contributed by atoms with Crippen molar-refractivity contribution < 1.29 is 9.59 Å². The van der Waals surface area contributed by atoms with E-state index < -0.39 is 0 Å². The van der Waals surface area contributed by atoms with Crippen LogP contribution in [-0.2, 0) is 0 Å². The van der Waals surface area contributed by atoms with Crippen LogP contribution in [0.1, 0.15) is 22.3 Å². The Morgan fingerprint density at radius 2 is 1.88 bits per heavy atom. The largest absolute Gasteiger partial charge is 0.337 e. The maximum absolute atomic E-state index is 12.7. The van der Waals surface area contributed by atoms with Gasteiger partial charge in [-0.25, -0.2) is 4.79 Å². The van der Waals surface area contributed by atoms with Crippen LogP contribution >= 0.6 is 0 Å². The minimum absolute atomic E-state index is 0.0368. The normalized spacial score (nSPS) is 16.2. The summed E-state index contributed by atoms with van der Waals surface area (Å²) >= 11 is 0. The van der Waals surface area contributed by atoms with Gasteiger partial charge in [0.25, 0.3) is 5.91 Å². The van der Waals surface area contributed by atoms with Gasteiger partial charge in [-0.1, -0.05) is 24.3 Å². The van der Waals surface area contributed by atoms with Crippen molar-refractivity contribution in [3.63, 3.8) is 0 Å². The average Bonchev–Trinajstić information content (AvgIpc) is 3.18. The molecule has 3 rings (SSSR count). The molecule has 1 unspecified atom stereocenters. The summed E-state index contributed by atoms with van der Waals surface area (Å²) < 4.78 is 0. The topological polar surface area (TPSA) is 73.5 Å². The molecule has 0 aromatic heterocycles. The zero-order chi connectivity index (χ0) is 18.5. The standard InChI is InChI=1S/C20H24N4O2/c1-14-8-9-15(19(25)24(2)17-10-11-21-13-17)12-18(14)23-20(26)22-16-6-4-3-5-7-16/h3-9,12,17,21H,10-11,13H2,1-2H3,(H2,22,23,26). The van der Waals surface area contributed by atoms with Crippen LogP contribution in [0.2, 0.25) is 0 Å². The molecule has 0 saturated carbocycles. The number of carbonyl (C=O) groups excluding carboxylic acids is 2. The number of likely N-dealkylation sites (N-methyl/N-ethyl adjacent to an activating group) is 1. The van der Waals surface area contributed by atoms with Crippen LogP contribution in [0.5, 0.6) is 0 Å². The Kier molecular flexibility index (Phi) is 5.53. The third kappa shape index (κ3) is 4.21. The lowest BCUT2D eigenvalue weighted by Crippen LogP contribution is -2.38. The molecule has 1 heterocycles. The third-order valence-corrected chi connectivity index (χ3v) is 4.67. The fourth-order valence-corrected chi connectivity index (χ4v) is 3.04. The number of carbonyl (C=O) groups is 2. The maximum atomic E-state index is 12.7. The zero-order valence-electron chi connectivity index (χ0n) is 15.1. The molecule has 3 N–H and O–H groups in total. The van der Waals surface area contributed by atoms with Crippen LogP contribution in [0.25, 0.3) is 0 Å². The van der Waals surface area contributed by atoms with Crippen LogP contribution in [0.4, 0.5) is 16.2 Å². The van der Waals surface area contributed by atoms with E-state index in [-0.39, 0.29) is 18.0 Å². The number of urea groups is 1. The highest BCUT2D eigenvalue weighted by atomic mass is 16.2. The highest BCUT2D eigenvalue weighted by molar-refractivity contribution is 6.02. The molecule has 1 aliphatic heterocycles. The zero-order valence-corrected chi connectivity index (χ0v) is 15.1. The summed E-state index contributed by atoms with van der Waals surface area (Å²) in [6.45, 7) is 3.65. The first kappa shape index (κ1) is 17.9. The molecule has 136 valence electrons. The number of nitrogens with one attached hydrogen (secondary N) is 3. The van der Waals surface area contributed by atoms with Crippen molar-refractivity contribution in [1.29, 1.82) is 0 Å². The van der Waals surface area contributed by atoms with Crippen molar-refractivity contribution in [2.45, 2.75) is 19.4 Å². The smallest absolute Gasteiger partial charge is 0.323 e. The van der Waals surface area contributed by atoms with Gasteiger partial charge in [0.05, 0.1) is 0 Å². The van der Waals surface area contributed by atoms with Crippen LogP contribution in [-0.4, -0.2) is 43.0 Å². The Hall–Kier alpha value is -2.86. The second-order valence-corrected chi connectivity index (χ2v) is 6.54. The van der Waals surface area contributed by atoms with Crippen molar-refractivity contribution >= 4 is 23.3 Å². The van der Waals surface area contributed by atoms with E-state index in [0.717, 1.165) is 25.1 Å². The Bertz CT molecular complexity index is 786. The summed E-state index contributed by atoms with van der Waals surface area (Å²) in [5.41, 5.74) is 2.81. The van der Waals surface area contributed by atoms with Crippen molar-refractivity contribution in [2.75, 3.05) is 30.8 Å². The fraction of sp³-hybridized carbons (Fsp3) is 0.300. The first-order chi connectivity index (χ1) is 12.5. The van der Waals surface area contributed by atoms with E-state index >= 15 is 0 Å². The summed E-state index contributed by atoms with van der Waals surface area (Å²) in [7, 11) is 1.83. The highest BCUT2D eigenvalue weighted by Crippen LogP contribution is 2.20. The lowest BCUT2D eigenvalue weighted by molar-refractivity contribution is 0.0744. The van der Waals surface area contributed by atoms with E-state index in [1.54, 1.807) is 17.0 Å². The SMILES string of the molecule is Cc1ccc(C(=O)N(C)C2CCNC2)cc1NC(=O)Nc1ccccc1. The number of anilines is 2. The summed E-state index contributed by atoms with van der Waals surface area (Å²) in [4.78, 5) is 26.8. The molecule has 1 fully saturated rings. The molecule has 3 amide bonds. The van der Waals surface area contributed by atoms with Gasteiger partial charge in [-0.15, -0.1) is 0 Å². The predicted octanol–water partition coefficient (Wildman–Crippen LogP) is 3.07. The Morgan fingerprint density at radius 3 is 2.58 bits per heavy atom. The predicted molar refractivity (Wildman–Crippen MR) is 104 cm³/mol. The summed E-state index contributed by atoms with van der Waals surface area (Å²) in [5, 5.41) is 8.88. The van der Waals surface area contributed by atoms with E-state index in [1.165, 1.54) is 0 Å². The van der Waals surface area contributed by atoms with Gasteiger partial charge < -0.3 is 20.9 Å². The number of amides is 3. The second kappa shape index (κ2) is 8.01. The van der Waals surface area contributed by atoms with Gasteiger partial charge in [0.2, 0.25) is 0 Å². The molecular formula is C20H24N4O2. The minimum Gasteiger partial charge on any atom is -0.337 e. The Morgan fingerprint density at radius 1 is 1.12 bits per heavy atom. The van der Waals surface area contributed by atoms with E-state index in [9.17, 15) is 9.59 Å². The lowest BCUT2D eigenvalue weighted by Gasteiger charge is -2.24. The van der Waals surface area contributed by atoms with Crippen molar-refractivity contribution in [2.24, 2.45) is 0 Å². The molecule has 0 radical (unpaired) electrons. The molecule has 2 aromatic carbocycles. The Labute approximate surface area is 153 Å². The van der Waals surface area contributed by atoms with Crippen LogP contribution in [0.3, 0.4) is 0 Å². The maximum Gasteiger partial charge on any atom is 0.323 e. The molecule has 0 bridgehead atoms. The van der Waals surface area contributed by atoms with E-state index in [2.05, 4.69) is 16.0 Å². The monoisotopic (exact) mass is 352 g/mol. The van der Waals surface area contributed by atoms with Crippen molar-refractivity contribution in [3.8, 4) is 0 Å². The number of para-hydroxylation sites is 1. The molecule has 26 heavy (non-hydrogen) atoms. The molecule has 1 aliphatic rings. The fourth-order valence-electron chi connectivity index (χ4n) is 3.04. The number of rotatable bonds is 4. The van der Waals surface area contributed by atoms with Crippen LogP contribution < -0.4 is 16.0 Å². The molecule has 2 aromatic rings. The summed E-state index contributed by atoms with van der Waals surface area (Å²) in [6, 6.07) is 14.5. The van der Waals surface area contributed by atoms with Gasteiger partial charge in [0, 0.05) is 36.6 Å². The molecule has 6 nitrogen and oxygen atoms in total. The molecule has 0 aliphatic carbocycles. The first-order valence-electron chi connectivity index (χ1n) is 8.76. The van der Waals surface area contributed by atoms with Crippen LogP contribution in [0, 0.1) is 6.92 Å². The van der Waals surface area contributed by atoms with E-state index in [1.807, 2.05) is 50.4 Å². The van der Waals surface area contributed by atoms with Gasteiger partial charge in [0.15, 0.2) is 0 Å². The summed E-state index contributed by atoms with van der Waals surface area (Å²) in [6.07, 6.45) is 0.957. The molecule has 0 spiro atoms. The molecular weight excluding hydrogens is 328 g/mol. The quantitative estimate of drug-likeness (QED) is 0.792. The van der Waals surface area contributed by atoms with Crippen molar-refractivity contribution in [3.05, 3.63) is 59.7 Å². The van der Waals surface area contributed by atoms with E-state index in [4.69, 9.17) is 0 Å². The van der Waals surface area contributed by atoms with Gasteiger partial charge in [-0.3, -0.25) is 4.79 Å². The summed E-state index contributed by atoms with van der Waals surface area (Å²) in [5.74, 6) is -0.0368. The molecule has 6 heteroatoms. The number of hydrogen-bond acceptors (Lipinski definition) is 3. The second-order valence-electron chi connectivity index (χ2n) is 6.54. The van der Waals surface area contributed by atoms with Gasteiger partial charge >= 0.3 is 6.03 Å². The third-order valence-electron chi connectivity index (χ3n) is 4.67. The highest BCUT2D eigenvalue weighted by Gasteiger charge is 2.24. The number of aryl methyl sites for hydroxylation is 1. The van der Waals surface area contributed by atoms with E-state index in [0.29, 0.717) is 16.9 Å². The van der Waals surface area contributed by atoms with Gasteiger partial charge in [-0.2, -0.15) is 0 Å². The van der Waals surface area contributed by atoms with Gasteiger partial charge in [0.1, 0.15) is 0 Å². The molecule has 1 saturated heterocycles. The number of nitrogens with zero attached hydrogens (tertiary/aromatic N) is 1.